The van der Waals surface area contributed by atoms with E-state index in [0.717, 1.165) is 28.3 Å². The van der Waals surface area contributed by atoms with Crippen LogP contribution in [0.4, 0.5) is 5.69 Å². The molecule has 2 N–H and O–H groups in total. The molecule has 0 atom stereocenters. The average molecular weight is 486 g/mol. The zero-order valence-corrected chi connectivity index (χ0v) is 20.2. The average Bonchev–Trinajstić information content (AvgIpc) is 3.21. The van der Waals surface area contributed by atoms with E-state index in [-0.39, 0.29) is 17.6 Å². The molecule has 0 spiro atoms. The van der Waals surface area contributed by atoms with E-state index < -0.39 is 0 Å². The molecule has 3 aromatic carbocycles. The van der Waals surface area contributed by atoms with Crippen molar-refractivity contribution in [2.75, 3.05) is 5.32 Å². The highest BCUT2D eigenvalue weighted by molar-refractivity contribution is 6.31. The number of carbonyl (C=O) groups excluding carboxylic acids is 2. The quantitative estimate of drug-likeness (QED) is 0.327. The van der Waals surface area contributed by atoms with Crippen LogP contribution in [0.15, 0.2) is 70.2 Å². The molecule has 1 aromatic heterocycles. The Bertz CT molecular complexity index is 1500. The Kier molecular flexibility index (Phi) is 6.14. The molecule has 0 saturated carbocycles. The number of rotatable bonds is 4. The van der Waals surface area contributed by atoms with Crippen LogP contribution in [0, 0.1) is 13.8 Å². The number of amides is 2. The molecule has 0 fully saturated rings. The van der Waals surface area contributed by atoms with E-state index in [1.54, 1.807) is 18.2 Å². The van der Waals surface area contributed by atoms with E-state index in [9.17, 15) is 9.59 Å². The lowest BCUT2D eigenvalue weighted by atomic mass is 9.93. The van der Waals surface area contributed by atoms with Crippen LogP contribution in [0.1, 0.15) is 56.2 Å². The van der Waals surface area contributed by atoms with Gasteiger partial charge in [0.15, 0.2) is 5.76 Å². The fourth-order valence-corrected chi connectivity index (χ4v) is 4.64. The van der Waals surface area contributed by atoms with E-state index in [4.69, 9.17) is 16.0 Å². The maximum absolute atomic E-state index is 13.0. The van der Waals surface area contributed by atoms with Crippen LogP contribution in [0.25, 0.3) is 10.8 Å². The summed E-state index contributed by atoms with van der Waals surface area (Å²) in [6.07, 6.45) is 2.20. The Morgan fingerprint density at radius 1 is 0.971 bits per heavy atom. The first kappa shape index (κ1) is 22.9. The largest absolute Gasteiger partial charge is 0.455 e. The van der Waals surface area contributed by atoms with E-state index in [0.29, 0.717) is 46.2 Å². The van der Waals surface area contributed by atoms with Crippen LogP contribution < -0.4 is 10.7 Å². The standard InChI is InChI=1S/C28H24ClN3O3/c1-16-13-14-19(15-22(16)29)30-28(34)26-17(2)25-23(11-6-12-24(25)35-26)31-32-27(33)21-10-5-8-18-7-3-4-9-20(18)21/h3-5,7-10,13-15H,6,11-12H2,1-2H3,(H,30,34)(H,32,33)/b31-23+. The second-order valence-corrected chi connectivity index (χ2v) is 9.06. The van der Waals surface area contributed by atoms with Crippen molar-refractivity contribution in [1.82, 2.24) is 5.43 Å². The molecule has 1 aliphatic carbocycles. The highest BCUT2D eigenvalue weighted by Crippen LogP contribution is 2.31. The summed E-state index contributed by atoms with van der Waals surface area (Å²) in [7, 11) is 0. The smallest absolute Gasteiger partial charge is 0.291 e. The van der Waals surface area contributed by atoms with Gasteiger partial charge in [0.05, 0.1) is 5.71 Å². The number of carbonyl (C=O) groups is 2. The molecule has 1 heterocycles. The third kappa shape index (κ3) is 4.45. The molecule has 6 nitrogen and oxygen atoms in total. The molecule has 0 radical (unpaired) electrons. The summed E-state index contributed by atoms with van der Waals surface area (Å²) in [5.41, 5.74) is 7.00. The van der Waals surface area contributed by atoms with Crippen LogP contribution in [-0.2, 0) is 6.42 Å². The topological polar surface area (TPSA) is 83.7 Å². The fourth-order valence-electron chi connectivity index (χ4n) is 4.46. The maximum atomic E-state index is 13.0. The molecule has 176 valence electrons. The number of anilines is 1. The molecule has 0 saturated heterocycles. The Morgan fingerprint density at radius 3 is 2.60 bits per heavy atom. The van der Waals surface area contributed by atoms with Gasteiger partial charge in [-0.1, -0.05) is 54.1 Å². The molecular formula is C28H24ClN3O3. The first-order valence-corrected chi connectivity index (χ1v) is 11.8. The lowest BCUT2D eigenvalue weighted by Gasteiger charge is -2.13. The van der Waals surface area contributed by atoms with Crippen molar-refractivity contribution in [3.63, 3.8) is 0 Å². The minimum Gasteiger partial charge on any atom is -0.455 e. The highest BCUT2D eigenvalue weighted by atomic mass is 35.5. The SMILES string of the molecule is Cc1ccc(NC(=O)c2oc3c(c2C)/C(=N/NC(=O)c2cccc4ccccc24)CCC3)cc1Cl. The third-order valence-electron chi connectivity index (χ3n) is 6.29. The van der Waals surface area contributed by atoms with Gasteiger partial charge < -0.3 is 9.73 Å². The Labute approximate surface area is 208 Å². The van der Waals surface area contributed by atoms with E-state index in [1.807, 2.05) is 56.3 Å². The molecule has 5 rings (SSSR count). The van der Waals surface area contributed by atoms with Crippen molar-refractivity contribution in [3.05, 3.63) is 99.5 Å². The third-order valence-corrected chi connectivity index (χ3v) is 6.70. The highest BCUT2D eigenvalue weighted by Gasteiger charge is 2.28. The number of halogens is 1. The number of furan rings is 1. The summed E-state index contributed by atoms with van der Waals surface area (Å²) in [6.45, 7) is 3.74. The van der Waals surface area contributed by atoms with Crippen LogP contribution in [0.5, 0.6) is 0 Å². The molecule has 0 unspecified atom stereocenters. The molecule has 1 aliphatic rings. The number of nitrogens with zero attached hydrogens (tertiary/aromatic N) is 1. The number of hydrogen-bond acceptors (Lipinski definition) is 4. The van der Waals surface area contributed by atoms with Gasteiger partial charge in [0.2, 0.25) is 0 Å². The Balaban J connectivity index is 1.40. The first-order valence-electron chi connectivity index (χ1n) is 11.5. The first-order chi connectivity index (χ1) is 16.9. The lowest BCUT2D eigenvalue weighted by molar-refractivity contribution is 0.0955. The predicted molar refractivity (Wildman–Crippen MR) is 138 cm³/mol. The van der Waals surface area contributed by atoms with Crippen LogP contribution >= 0.6 is 11.6 Å². The number of fused-ring (bicyclic) bond motifs is 2. The molecule has 0 aliphatic heterocycles. The van der Waals surface area contributed by atoms with E-state index in [1.165, 1.54) is 0 Å². The molecule has 7 heteroatoms. The number of hydrogen-bond donors (Lipinski definition) is 2. The maximum Gasteiger partial charge on any atom is 0.291 e. The summed E-state index contributed by atoms with van der Waals surface area (Å²) in [5, 5.41) is 9.74. The van der Waals surface area contributed by atoms with Crippen molar-refractivity contribution in [2.45, 2.75) is 33.1 Å². The summed E-state index contributed by atoms with van der Waals surface area (Å²) in [4.78, 5) is 25.9. The van der Waals surface area contributed by atoms with Gasteiger partial charge in [-0.3, -0.25) is 9.59 Å². The number of aryl methyl sites for hydroxylation is 2. The number of hydrazone groups is 1. The number of benzene rings is 3. The zero-order valence-electron chi connectivity index (χ0n) is 19.4. The van der Waals surface area contributed by atoms with Gasteiger partial charge >= 0.3 is 0 Å². The fraction of sp³-hybridized carbons (Fsp3) is 0.179. The van der Waals surface area contributed by atoms with Gasteiger partial charge in [0.25, 0.3) is 11.8 Å². The summed E-state index contributed by atoms with van der Waals surface area (Å²) >= 11 is 6.19. The van der Waals surface area contributed by atoms with Gasteiger partial charge in [-0.2, -0.15) is 5.10 Å². The van der Waals surface area contributed by atoms with Gasteiger partial charge in [0, 0.05) is 33.8 Å². The Hall–Kier alpha value is -3.90. The summed E-state index contributed by atoms with van der Waals surface area (Å²) in [6, 6.07) is 18.7. The van der Waals surface area contributed by atoms with Crippen LogP contribution in [-0.4, -0.2) is 17.5 Å². The molecule has 0 bridgehead atoms. The lowest BCUT2D eigenvalue weighted by Crippen LogP contribution is -2.22. The summed E-state index contributed by atoms with van der Waals surface area (Å²) < 4.78 is 5.97. The Morgan fingerprint density at radius 2 is 1.77 bits per heavy atom. The molecular weight excluding hydrogens is 462 g/mol. The second-order valence-electron chi connectivity index (χ2n) is 8.65. The molecule has 4 aromatic rings. The number of nitrogens with one attached hydrogen (secondary N) is 2. The van der Waals surface area contributed by atoms with Crippen molar-refractivity contribution < 1.29 is 14.0 Å². The van der Waals surface area contributed by atoms with Gasteiger partial charge in [-0.25, -0.2) is 5.43 Å². The second kappa shape index (κ2) is 9.39. The van der Waals surface area contributed by atoms with Crippen molar-refractivity contribution >= 4 is 45.6 Å². The van der Waals surface area contributed by atoms with E-state index in [2.05, 4.69) is 15.8 Å². The molecule has 35 heavy (non-hydrogen) atoms. The van der Waals surface area contributed by atoms with Crippen molar-refractivity contribution in [1.29, 1.82) is 0 Å². The van der Waals surface area contributed by atoms with Crippen molar-refractivity contribution in [3.8, 4) is 0 Å². The normalized spacial score (nSPS) is 14.1. The van der Waals surface area contributed by atoms with Crippen LogP contribution in [0.2, 0.25) is 5.02 Å². The molecule has 2 amide bonds. The van der Waals surface area contributed by atoms with Gasteiger partial charge in [-0.15, -0.1) is 0 Å². The zero-order chi connectivity index (χ0) is 24.5. The minimum absolute atomic E-state index is 0.238. The van der Waals surface area contributed by atoms with Gasteiger partial charge in [0.1, 0.15) is 5.76 Å². The van der Waals surface area contributed by atoms with Gasteiger partial charge in [-0.05, 0) is 61.2 Å². The van der Waals surface area contributed by atoms with E-state index >= 15 is 0 Å². The monoisotopic (exact) mass is 485 g/mol. The predicted octanol–water partition coefficient (Wildman–Crippen LogP) is 6.43. The minimum atomic E-state index is -0.351. The van der Waals surface area contributed by atoms with Crippen LogP contribution in [0.3, 0.4) is 0 Å². The van der Waals surface area contributed by atoms with Crippen molar-refractivity contribution in [2.24, 2.45) is 5.10 Å². The summed E-state index contributed by atoms with van der Waals surface area (Å²) in [5.74, 6) is 0.313.